The van der Waals surface area contributed by atoms with E-state index in [1.165, 1.54) is 36.3 Å². The maximum absolute atomic E-state index is 12.1. The number of amides is 3. The Balaban J connectivity index is 1.92. The van der Waals surface area contributed by atoms with Gasteiger partial charge in [-0.1, -0.05) is 17.7 Å². The van der Waals surface area contributed by atoms with Gasteiger partial charge in [0.25, 0.3) is 5.91 Å². The van der Waals surface area contributed by atoms with Gasteiger partial charge in [-0.3, -0.25) is 14.9 Å². The third-order valence-corrected chi connectivity index (χ3v) is 4.80. The summed E-state index contributed by atoms with van der Waals surface area (Å²) in [4.78, 5) is 36.1. The fourth-order valence-corrected chi connectivity index (χ4v) is 3.24. The van der Waals surface area contributed by atoms with E-state index < -0.39 is 12.0 Å². The van der Waals surface area contributed by atoms with Crippen molar-refractivity contribution in [3.8, 4) is 0 Å². The lowest BCUT2D eigenvalue weighted by molar-refractivity contribution is -0.113. The number of ether oxygens (including phenoxy) is 1. The molecule has 0 radical (unpaired) electrons. The molecule has 1 heterocycles. The Hall–Kier alpha value is -2.32. The third kappa shape index (κ3) is 5.10. The number of benzene rings is 1. The zero-order valence-electron chi connectivity index (χ0n) is 13.1. The Kier molecular flexibility index (Phi) is 6.39. The molecule has 8 heteroatoms. The van der Waals surface area contributed by atoms with Crippen molar-refractivity contribution in [2.45, 2.75) is 11.8 Å². The van der Waals surface area contributed by atoms with Crippen LogP contribution in [0.15, 0.2) is 40.6 Å². The molecule has 1 aromatic heterocycles. The predicted octanol–water partition coefficient (Wildman–Crippen LogP) is 3.28. The molecule has 24 heavy (non-hydrogen) atoms. The van der Waals surface area contributed by atoms with Crippen LogP contribution < -0.4 is 10.6 Å². The van der Waals surface area contributed by atoms with Gasteiger partial charge in [0.05, 0.1) is 18.4 Å². The number of rotatable bonds is 5. The molecule has 0 spiro atoms. The highest BCUT2D eigenvalue weighted by Gasteiger charge is 2.17. The molecular formula is C16H16N2O4S2. The number of hydrogen-bond acceptors (Lipinski definition) is 6. The molecule has 0 saturated heterocycles. The van der Waals surface area contributed by atoms with Crippen LogP contribution in [-0.2, 0) is 9.53 Å². The van der Waals surface area contributed by atoms with Crippen molar-refractivity contribution in [2.24, 2.45) is 0 Å². The summed E-state index contributed by atoms with van der Waals surface area (Å²) in [5.74, 6) is -0.626. The van der Waals surface area contributed by atoms with Gasteiger partial charge in [0, 0.05) is 4.90 Å². The number of imide groups is 1. The topological polar surface area (TPSA) is 84.5 Å². The minimum absolute atomic E-state index is 0.221. The van der Waals surface area contributed by atoms with E-state index in [1.807, 2.05) is 31.2 Å². The molecule has 6 nitrogen and oxygen atoms in total. The van der Waals surface area contributed by atoms with Gasteiger partial charge in [-0.2, -0.15) is 0 Å². The first-order valence-electron chi connectivity index (χ1n) is 6.95. The number of thiophene rings is 1. The van der Waals surface area contributed by atoms with Crippen LogP contribution in [0.3, 0.4) is 0 Å². The first-order chi connectivity index (χ1) is 11.5. The summed E-state index contributed by atoms with van der Waals surface area (Å²) in [7, 11) is 1.17. The highest BCUT2D eigenvalue weighted by Crippen LogP contribution is 2.24. The molecule has 0 bridgehead atoms. The second-order valence-electron chi connectivity index (χ2n) is 4.76. The maximum atomic E-state index is 12.1. The van der Waals surface area contributed by atoms with Gasteiger partial charge >= 0.3 is 6.09 Å². The Bertz CT molecular complexity index is 741. The number of anilines is 1. The normalized spacial score (nSPS) is 10.1. The predicted molar refractivity (Wildman–Crippen MR) is 94.7 cm³/mol. The Morgan fingerprint density at radius 3 is 2.54 bits per heavy atom. The van der Waals surface area contributed by atoms with Gasteiger partial charge in [-0.05, 0) is 30.5 Å². The average molecular weight is 364 g/mol. The number of thioether (sulfide) groups is 1. The van der Waals surface area contributed by atoms with E-state index in [0.717, 1.165) is 10.5 Å². The Labute approximate surface area is 147 Å². The quantitative estimate of drug-likeness (QED) is 0.796. The van der Waals surface area contributed by atoms with Gasteiger partial charge in [-0.25, -0.2) is 4.79 Å². The number of carbonyl (C=O) groups excluding carboxylic acids is 3. The molecular weight excluding hydrogens is 348 g/mol. The van der Waals surface area contributed by atoms with E-state index in [-0.39, 0.29) is 17.2 Å². The van der Waals surface area contributed by atoms with Crippen molar-refractivity contribution >= 4 is 46.0 Å². The molecule has 0 aliphatic rings. The van der Waals surface area contributed by atoms with E-state index in [1.54, 1.807) is 5.38 Å². The number of alkyl carbamates (subject to hydrolysis) is 1. The van der Waals surface area contributed by atoms with Crippen LogP contribution in [-0.4, -0.2) is 30.8 Å². The van der Waals surface area contributed by atoms with Gasteiger partial charge < -0.3 is 10.1 Å². The second kappa shape index (κ2) is 8.51. The zero-order valence-corrected chi connectivity index (χ0v) is 14.8. The lowest BCUT2D eigenvalue weighted by Gasteiger charge is -2.06. The van der Waals surface area contributed by atoms with Crippen LogP contribution in [0.5, 0.6) is 0 Å². The molecule has 1 aromatic carbocycles. The summed E-state index contributed by atoms with van der Waals surface area (Å²) in [6, 6.07) is 9.40. The summed E-state index contributed by atoms with van der Waals surface area (Å²) in [5, 5.41) is 6.80. The van der Waals surface area contributed by atoms with E-state index >= 15 is 0 Å². The van der Waals surface area contributed by atoms with Crippen molar-refractivity contribution in [1.29, 1.82) is 0 Å². The monoisotopic (exact) mass is 364 g/mol. The summed E-state index contributed by atoms with van der Waals surface area (Å²) in [6.07, 6.45) is -0.849. The smallest absolute Gasteiger partial charge is 0.413 e. The molecule has 0 aliphatic carbocycles. The van der Waals surface area contributed by atoms with Gasteiger partial charge in [0.15, 0.2) is 0 Å². The van der Waals surface area contributed by atoms with Crippen molar-refractivity contribution in [3.05, 3.63) is 46.8 Å². The highest BCUT2D eigenvalue weighted by molar-refractivity contribution is 8.00. The fourth-order valence-electron chi connectivity index (χ4n) is 1.74. The largest absolute Gasteiger partial charge is 0.453 e. The molecule has 0 aliphatic heterocycles. The minimum Gasteiger partial charge on any atom is -0.453 e. The lowest BCUT2D eigenvalue weighted by atomic mass is 10.2. The Morgan fingerprint density at radius 1 is 1.17 bits per heavy atom. The number of aryl methyl sites for hydroxylation is 1. The SMILES string of the molecule is COC(=O)NC(=O)c1ccsc1NC(=O)CSc1ccc(C)cc1. The van der Waals surface area contributed by atoms with Crippen molar-refractivity contribution in [1.82, 2.24) is 5.32 Å². The molecule has 0 atom stereocenters. The van der Waals surface area contributed by atoms with Crippen LogP contribution in [0.1, 0.15) is 15.9 Å². The van der Waals surface area contributed by atoms with E-state index in [2.05, 4.69) is 15.4 Å². The molecule has 0 saturated carbocycles. The average Bonchev–Trinajstić information content (AvgIpc) is 3.02. The van der Waals surface area contributed by atoms with Gasteiger partial charge in [0.2, 0.25) is 5.91 Å². The standard InChI is InChI=1S/C16H16N2O4S2/c1-10-3-5-11(6-4-10)24-9-13(19)17-15-12(7-8-23-15)14(20)18-16(21)22-2/h3-8H,9H2,1-2H3,(H,17,19)(H,18,20,21). The molecule has 3 amide bonds. The van der Waals surface area contributed by atoms with Crippen LogP contribution in [0.2, 0.25) is 0 Å². The maximum Gasteiger partial charge on any atom is 0.413 e. The molecule has 126 valence electrons. The zero-order chi connectivity index (χ0) is 17.5. The number of nitrogens with one attached hydrogen (secondary N) is 2. The van der Waals surface area contributed by atoms with Crippen molar-refractivity contribution in [3.63, 3.8) is 0 Å². The van der Waals surface area contributed by atoms with Crippen LogP contribution >= 0.6 is 23.1 Å². The molecule has 0 unspecified atom stereocenters. The Morgan fingerprint density at radius 2 is 1.88 bits per heavy atom. The summed E-state index contributed by atoms with van der Waals surface area (Å²) < 4.78 is 4.38. The number of methoxy groups -OCH3 is 1. The van der Waals surface area contributed by atoms with Gasteiger partial charge in [-0.15, -0.1) is 23.1 Å². The summed E-state index contributed by atoms with van der Waals surface area (Å²) in [6.45, 7) is 2.00. The van der Waals surface area contributed by atoms with Crippen LogP contribution in [0.25, 0.3) is 0 Å². The van der Waals surface area contributed by atoms with E-state index in [0.29, 0.717) is 5.00 Å². The van der Waals surface area contributed by atoms with E-state index in [9.17, 15) is 14.4 Å². The first-order valence-corrected chi connectivity index (χ1v) is 8.82. The highest BCUT2D eigenvalue weighted by atomic mass is 32.2. The summed E-state index contributed by atoms with van der Waals surface area (Å²) in [5.41, 5.74) is 1.38. The van der Waals surface area contributed by atoms with Crippen molar-refractivity contribution < 1.29 is 19.1 Å². The third-order valence-electron chi connectivity index (χ3n) is 2.95. The molecule has 2 N–H and O–H groups in total. The number of hydrogen-bond donors (Lipinski definition) is 2. The van der Waals surface area contributed by atoms with Crippen molar-refractivity contribution in [2.75, 3.05) is 18.2 Å². The summed E-state index contributed by atoms with van der Waals surface area (Å²) >= 11 is 2.62. The first kappa shape index (κ1) is 18.0. The van der Waals surface area contributed by atoms with Crippen LogP contribution in [0, 0.1) is 6.92 Å². The molecule has 0 fully saturated rings. The van der Waals surface area contributed by atoms with Gasteiger partial charge in [0.1, 0.15) is 5.00 Å². The number of carbonyl (C=O) groups is 3. The second-order valence-corrected chi connectivity index (χ2v) is 6.72. The van der Waals surface area contributed by atoms with Crippen LogP contribution in [0.4, 0.5) is 9.80 Å². The minimum atomic E-state index is -0.849. The molecule has 2 rings (SSSR count). The lowest BCUT2D eigenvalue weighted by Crippen LogP contribution is -2.30. The van der Waals surface area contributed by atoms with E-state index in [4.69, 9.17) is 0 Å². The fraction of sp³-hybridized carbons (Fsp3) is 0.188. The molecule has 2 aromatic rings.